The van der Waals surface area contributed by atoms with Gasteiger partial charge in [0.2, 0.25) is 0 Å². The molecule has 126 valence electrons. The van der Waals surface area contributed by atoms with Crippen molar-refractivity contribution in [3.63, 3.8) is 0 Å². The summed E-state index contributed by atoms with van der Waals surface area (Å²) < 4.78 is 0.412. The van der Waals surface area contributed by atoms with Crippen LogP contribution in [0.3, 0.4) is 0 Å². The number of amides is 1. The second kappa shape index (κ2) is 7.16. The molecule has 1 saturated heterocycles. The standard InChI is InChI=1S/C18H14N2O3S2/c1-2-12-3-5-13(6-4-12)11-16-17(21)19(18(24)25-16)14-7-9-15(10-8-14)20(22)23/h3-11H,2H2,1H3. The molecular formula is C18H14N2O3S2. The predicted octanol–water partition coefficient (Wildman–Crippen LogP) is 4.56. The maximum atomic E-state index is 12.7. The fourth-order valence-electron chi connectivity index (χ4n) is 2.41. The average molecular weight is 370 g/mol. The van der Waals surface area contributed by atoms with E-state index in [2.05, 4.69) is 6.92 Å². The molecule has 0 spiro atoms. The van der Waals surface area contributed by atoms with Crippen molar-refractivity contribution in [3.05, 3.63) is 74.7 Å². The zero-order valence-corrected chi connectivity index (χ0v) is 15.0. The molecule has 0 saturated carbocycles. The maximum absolute atomic E-state index is 12.7. The van der Waals surface area contributed by atoms with Gasteiger partial charge in [-0.05, 0) is 35.8 Å². The molecule has 1 heterocycles. The van der Waals surface area contributed by atoms with E-state index >= 15 is 0 Å². The largest absolute Gasteiger partial charge is 0.270 e. The molecule has 7 heteroatoms. The molecule has 2 aromatic carbocycles. The topological polar surface area (TPSA) is 63.4 Å². The number of benzene rings is 2. The molecule has 1 amide bonds. The summed E-state index contributed by atoms with van der Waals surface area (Å²) in [5, 5.41) is 10.7. The van der Waals surface area contributed by atoms with Gasteiger partial charge in [-0.25, -0.2) is 0 Å². The Morgan fingerprint density at radius 2 is 1.80 bits per heavy atom. The highest BCUT2D eigenvalue weighted by molar-refractivity contribution is 8.27. The monoisotopic (exact) mass is 370 g/mol. The fourth-order valence-corrected chi connectivity index (χ4v) is 3.71. The second-order valence-corrected chi connectivity index (χ2v) is 7.06. The number of non-ortho nitro benzene ring substituents is 1. The Hall–Kier alpha value is -2.51. The molecular weight excluding hydrogens is 356 g/mol. The van der Waals surface area contributed by atoms with Crippen LogP contribution in [0.1, 0.15) is 18.1 Å². The van der Waals surface area contributed by atoms with E-state index < -0.39 is 4.92 Å². The first-order valence-electron chi connectivity index (χ1n) is 7.61. The number of thioether (sulfide) groups is 1. The molecule has 0 aliphatic carbocycles. The molecule has 0 atom stereocenters. The van der Waals surface area contributed by atoms with Gasteiger partial charge in [-0.2, -0.15) is 0 Å². The van der Waals surface area contributed by atoms with Crippen LogP contribution in [-0.2, 0) is 11.2 Å². The van der Waals surface area contributed by atoms with Crippen LogP contribution < -0.4 is 4.90 Å². The van der Waals surface area contributed by atoms with Crippen LogP contribution in [-0.4, -0.2) is 15.2 Å². The summed E-state index contributed by atoms with van der Waals surface area (Å²) in [7, 11) is 0. The van der Waals surface area contributed by atoms with Gasteiger partial charge in [-0.1, -0.05) is 55.2 Å². The third kappa shape index (κ3) is 3.62. The minimum absolute atomic E-state index is 0.0271. The zero-order chi connectivity index (χ0) is 18.0. The Bertz CT molecular complexity index is 874. The number of thiocarbonyl (C=S) groups is 1. The van der Waals surface area contributed by atoms with Gasteiger partial charge in [0.1, 0.15) is 0 Å². The van der Waals surface area contributed by atoms with Gasteiger partial charge in [0.15, 0.2) is 4.32 Å². The zero-order valence-electron chi connectivity index (χ0n) is 13.3. The molecule has 0 bridgehead atoms. The van der Waals surface area contributed by atoms with Crippen LogP contribution >= 0.6 is 24.0 Å². The molecule has 1 aliphatic rings. The van der Waals surface area contributed by atoms with Crippen LogP contribution in [0.25, 0.3) is 6.08 Å². The summed E-state index contributed by atoms with van der Waals surface area (Å²) in [4.78, 5) is 24.9. The van der Waals surface area contributed by atoms with Crippen molar-refractivity contribution in [1.29, 1.82) is 0 Å². The van der Waals surface area contributed by atoms with E-state index in [1.165, 1.54) is 46.5 Å². The lowest BCUT2D eigenvalue weighted by Gasteiger charge is -2.13. The van der Waals surface area contributed by atoms with Gasteiger partial charge in [-0.3, -0.25) is 19.8 Å². The molecule has 3 rings (SSSR count). The second-order valence-electron chi connectivity index (χ2n) is 5.39. The van der Waals surface area contributed by atoms with E-state index in [0.717, 1.165) is 12.0 Å². The normalized spacial score (nSPS) is 15.9. The number of hydrogen-bond acceptors (Lipinski definition) is 5. The smallest absolute Gasteiger partial charge is 0.268 e. The van der Waals surface area contributed by atoms with E-state index in [4.69, 9.17) is 12.2 Å². The van der Waals surface area contributed by atoms with Crippen molar-refractivity contribution < 1.29 is 9.72 Å². The minimum atomic E-state index is -0.478. The molecule has 25 heavy (non-hydrogen) atoms. The van der Waals surface area contributed by atoms with E-state index in [-0.39, 0.29) is 11.6 Å². The average Bonchev–Trinajstić information content (AvgIpc) is 2.89. The molecule has 0 N–H and O–H groups in total. The maximum Gasteiger partial charge on any atom is 0.270 e. The van der Waals surface area contributed by atoms with Crippen molar-refractivity contribution in [1.82, 2.24) is 0 Å². The summed E-state index contributed by atoms with van der Waals surface area (Å²) >= 11 is 6.54. The number of nitrogens with zero attached hydrogens (tertiary/aromatic N) is 2. The first kappa shape index (κ1) is 17.3. The number of carbonyl (C=O) groups excluding carboxylic acids is 1. The minimum Gasteiger partial charge on any atom is -0.268 e. The summed E-state index contributed by atoms with van der Waals surface area (Å²) in [6.45, 7) is 2.09. The van der Waals surface area contributed by atoms with Crippen LogP contribution in [0.2, 0.25) is 0 Å². The number of rotatable bonds is 4. The van der Waals surface area contributed by atoms with Gasteiger partial charge >= 0.3 is 0 Å². The van der Waals surface area contributed by atoms with E-state index in [1.807, 2.05) is 30.3 Å². The quantitative estimate of drug-likeness (QED) is 0.342. The Labute approximate surface area is 154 Å². The van der Waals surface area contributed by atoms with Gasteiger partial charge < -0.3 is 0 Å². The van der Waals surface area contributed by atoms with Crippen molar-refractivity contribution in [2.45, 2.75) is 13.3 Å². The van der Waals surface area contributed by atoms with E-state index in [1.54, 1.807) is 0 Å². The van der Waals surface area contributed by atoms with Crippen molar-refractivity contribution in [2.75, 3.05) is 4.90 Å². The molecule has 1 fully saturated rings. The van der Waals surface area contributed by atoms with Crippen LogP contribution in [0.4, 0.5) is 11.4 Å². The highest BCUT2D eigenvalue weighted by atomic mass is 32.2. The lowest BCUT2D eigenvalue weighted by atomic mass is 10.1. The molecule has 1 aliphatic heterocycles. The third-order valence-electron chi connectivity index (χ3n) is 3.80. The number of hydrogen-bond donors (Lipinski definition) is 0. The third-order valence-corrected chi connectivity index (χ3v) is 5.10. The molecule has 0 aromatic heterocycles. The van der Waals surface area contributed by atoms with Crippen molar-refractivity contribution in [3.8, 4) is 0 Å². The lowest BCUT2D eigenvalue weighted by molar-refractivity contribution is -0.384. The molecule has 0 unspecified atom stereocenters. The van der Waals surface area contributed by atoms with Crippen molar-refractivity contribution in [2.24, 2.45) is 0 Å². The molecule has 0 radical (unpaired) electrons. The first-order valence-corrected chi connectivity index (χ1v) is 8.83. The first-order chi connectivity index (χ1) is 12.0. The summed E-state index contributed by atoms with van der Waals surface area (Å²) in [5.41, 5.74) is 2.66. The Morgan fingerprint density at radius 1 is 1.16 bits per heavy atom. The fraction of sp³-hybridized carbons (Fsp3) is 0.111. The molecule has 2 aromatic rings. The Kier molecular flexibility index (Phi) is 4.96. The van der Waals surface area contributed by atoms with E-state index in [0.29, 0.717) is 14.9 Å². The van der Waals surface area contributed by atoms with Gasteiger partial charge in [0.05, 0.1) is 15.5 Å². The highest BCUT2D eigenvalue weighted by Gasteiger charge is 2.33. The number of aryl methyl sites for hydroxylation is 1. The van der Waals surface area contributed by atoms with Gasteiger partial charge in [0, 0.05) is 12.1 Å². The number of carbonyl (C=O) groups is 1. The Balaban J connectivity index is 1.86. The number of nitro groups is 1. The summed E-state index contributed by atoms with van der Waals surface area (Å²) in [5.74, 6) is -0.219. The number of anilines is 1. The lowest BCUT2D eigenvalue weighted by Crippen LogP contribution is -2.27. The van der Waals surface area contributed by atoms with Crippen LogP contribution in [0.5, 0.6) is 0 Å². The summed E-state index contributed by atoms with van der Waals surface area (Å²) in [6, 6.07) is 13.8. The summed E-state index contributed by atoms with van der Waals surface area (Å²) in [6.07, 6.45) is 2.77. The Morgan fingerprint density at radius 3 is 2.36 bits per heavy atom. The van der Waals surface area contributed by atoms with E-state index in [9.17, 15) is 14.9 Å². The van der Waals surface area contributed by atoms with Crippen molar-refractivity contribution >= 4 is 51.7 Å². The van der Waals surface area contributed by atoms with Crippen LogP contribution in [0, 0.1) is 10.1 Å². The highest BCUT2D eigenvalue weighted by Crippen LogP contribution is 2.36. The number of nitro benzene ring substituents is 1. The SMILES string of the molecule is CCc1ccc(C=C2SC(=S)N(c3ccc([N+](=O)[O-])cc3)C2=O)cc1. The molecule has 5 nitrogen and oxygen atoms in total. The van der Waals surface area contributed by atoms with Crippen LogP contribution in [0.15, 0.2) is 53.4 Å². The van der Waals surface area contributed by atoms with Gasteiger partial charge in [-0.15, -0.1) is 0 Å². The predicted molar refractivity (Wildman–Crippen MR) is 105 cm³/mol. The van der Waals surface area contributed by atoms with Gasteiger partial charge in [0.25, 0.3) is 11.6 Å².